The van der Waals surface area contributed by atoms with Gasteiger partial charge in [-0.3, -0.25) is 4.90 Å². The van der Waals surface area contributed by atoms with Crippen LogP contribution in [0.25, 0.3) is 0 Å². The van der Waals surface area contributed by atoms with Crippen LogP contribution in [0.4, 0.5) is 0 Å². The summed E-state index contributed by atoms with van der Waals surface area (Å²) in [5, 5.41) is 0. The Labute approximate surface area is 93.1 Å². The van der Waals surface area contributed by atoms with Gasteiger partial charge < -0.3 is 0 Å². The molecule has 1 aliphatic heterocycles. The minimum Gasteiger partial charge on any atom is -0.297 e. The van der Waals surface area contributed by atoms with Gasteiger partial charge in [-0.2, -0.15) is 0 Å². The van der Waals surface area contributed by atoms with E-state index in [9.17, 15) is 8.42 Å². The molecule has 1 heterocycles. The highest BCUT2D eigenvalue weighted by Gasteiger charge is 2.28. The van der Waals surface area contributed by atoms with E-state index in [0.29, 0.717) is 0 Å². The quantitative estimate of drug-likeness (QED) is 0.769. The van der Waals surface area contributed by atoms with Gasteiger partial charge in [-0.1, -0.05) is 0 Å². The number of hydrogen-bond acceptors (Lipinski definition) is 3. The first kappa shape index (κ1) is 12.9. The molecule has 0 aromatic carbocycles. The van der Waals surface area contributed by atoms with E-state index in [1.54, 1.807) is 0 Å². The molecule has 0 bridgehead atoms. The van der Waals surface area contributed by atoms with Crippen LogP contribution in [-0.4, -0.2) is 44.2 Å². The molecule has 1 N–H and O–H groups in total. The minimum atomic E-state index is -3.07. The third-order valence-electron chi connectivity index (χ3n) is 2.75. The van der Waals surface area contributed by atoms with Gasteiger partial charge in [0.05, 0.1) is 6.26 Å². The average Bonchev–Trinajstić information content (AvgIpc) is 1.99. The number of piperidine rings is 1. The van der Waals surface area contributed by atoms with Crippen molar-refractivity contribution in [3.8, 4) is 0 Å². The molecular weight excluding hydrogens is 212 g/mol. The van der Waals surface area contributed by atoms with Crippen molar-refractivity contribution in [3.05, 3.63) is 0 Å². The van der Waals surface area contributed by atoms with E-state index in [1.165, 1.54) is 6.26 Å². The van der Waals surface area contributed by atoms with E-state index in [1.807, 2.05) is 0 Å². The fourth-order valence-corrected chi connectivity index (χ4v) is 2.78. The lowest BCUT2D eigenvalue weighted by Gasteiger charge is -2.41. The van der Waals surface area contributed by atoms with Crippen LogP contribution in [0.3, 0.4) is 0 Å². The Morgan fingerprint density at radius 1 is 1.33 bits per heavy atom. The molecule has 1 unspecified atom stereocenters. The van der Waals surface area contributed by atoms with Gasteiger partial charge >= 0.3 is 0 Å². The number of hydrogen-bond donors (Lipinski definition) is 1. The molecule has 0 spiro atoms. The summed E-state index contributed by atoms with van der Waals surface area (Å²) in [6.45, 7) is 8.36. The molecule has 1 rings (SSSR count). The van der Waals surface area contributed by atoms with E-state index in [2.05, 4.69) is 30.4 Å². The van der Waals surface area contributed by atoms with Gasteiger partial charge in [0.25, 0.3) is 0 Å². The van der Waals surface area contributed by atoms with Crippen molar-refractivity contribution in [1.29, 1.82) is 0 Å². The van der Waals surface area contributed by atoms with E-state index < -0.39 is 10.0 Å². The Balaban J connectivity index is 2.57. The van der Waals surface area contributed by atoms with Crippen LogP contribution >= 0.6 is 0 Å². The van der Waals surface area contributed by atoms with Gasteiger partial charge in [0.1, 0.15) is 0 Å². The molecular formula is C10H22N2O2S. The molecule has 0 radical (unpaired) electrons. The Hall–Kier alpha value is -0.130. The molecule has 0 aromatic heterocycles. The first-order chi connectivity index (χ1) is 6.68. The molecule has 1 fully saturated rings. The standard InChI is InChI=1S/C10H22N2O2S/c1-10(2,3)12-7-5-6-9(8-12)11-15(4,13)14/h9,11H,5-8H2,1-4H3. The van der Waals surface area contributed by atoms with Crippen molar-refractivity contribution in [2.45, 2.75) is 45.2 Å². The summed E-state index contributed by atoms with van der Waals surface area (Å²) >= 11 is 0. The highest BCUT2D eigenvalue weighted by Crippen LogP contribution is 2.20. The van der Waals surface area contributed by atoms with E-state index in [0.717, 1.165) is 25.9 Å². The normalized spacial score (nSPS) is 25.5. The van der Waals surface area contributed by atoms with Crippen LogP contribution in [0.2, 0.25) is 0 Å². The summed E-state index contributed by atoms with van der Waals surface area (Å²) in [6.07, 6.45) is 3.23. The second-order valence-electron chi connectivity index (χ2n) is 5.35. The van der Waals surface area contributed by atoms with Crippen LogP contribution in [-0.2, 0) is 10.0 Å². The summed E-state index contributed by atoms with van der Waals surface area (Å²) in [5.41, 5.74) is 0.123. The lowest BCUT2D eigenvalue weighted by atomic mass is 9.99. The molecule has 5 heteroatoms. The zero-order chi connectivity index (χ0) is 11.7. The monoisotopic (exact) mass is 234 g/mol. The number of nitrogens with one attached hydrogen (secondary N) is 1. The number of rotatable bonds is 2. The zero-order valence-electron chi connectivity index (χ0n) is 10.1. The highest BCUT2D eigenvalue weighted by molar-refractivity contribution is 7.88. The maximum atomic E-state index is 11.1. The SMILES string of the molecule is CC(C)(C)N1CCCC(NS(C)(=O)=O)C1. The van der Waals surface area contributed by atoms with Gasteiger partial charge in [0.15, 0.2) is 0 Å². The Morgan fingerprint density at radius 3 is 2.40 bits per heavy atom. The molecule has 1 saturated heterocycles. The van der Waals surface area contributed by atoms with Gasteiger partial charge in [-0.15, -0.1) is 0 Å². The predicted molar refractivity (Wildman–Crippen MR) is 62.3 cm³/mol. The third-order valence-corrected chi connectivity index (χ3v) is 3.51. The van der Waals surface area contributed by atoms with Gasteiger partial charge in [0, 0.05) is 18.1 Å². The summed E-state index contributed by atoms with van der Waals surface area (Å²) in [6, 6.07) is 0.0768. The zero-order valence-corrected chi connectivity index (χ0v) is 10.9. The van der Waals surface area contributed by atoms with Crippen molar-refractivity contribution in [1.82, 2.24) is 9.62 Å². The Bertz CT molecular complexity index is 306. The van der Waals surface area contributed by atoms with Crippen molar-refractivity contribution >= 4 is 10.0 Å². The lowest BCUT2D eigenvalue weighted by Crippen LogP contribution is -2.53. The molecule has 0 aliphatic carbocycles. The molecule has 0 saturated carbocycles. The second-order valence-corrected chi connectivity index (χ2v) is 7.13. The molecule has 1 aliphatic rings. The van der Waals surface area contributed by atoms with Crippen LogP contribution in [0.1, 0.15) is 33.6 Å². The van der Waals surface area contributed by atoms with Gasteiger partial charge in [0.2, 0.25) is 10.0 Å². The molecule has 4 nitrogen and oxygen atoms in total. The van der Waals surface area contributed by atoms with Gasteiger partial charge in [-0.05, 0) is 40.2 Å². The first-order valence-electron chi connectivity index (χ1n) is 5.41. The smallest absolute Gasteiger partial charge is 0.208 e. The van der Waals surface area contributed by atoms with Crippen LogP contribution < -0.4 is 4.72 Å². The van der Waals surface area contributed by atoms with E-state index >= 15 is 0 Å². The third kappa shape index (κ3) is 4.49. The first-order valence-corrected chi connectivity index (χ1v) is 7.30. The summed E-state index contributed by atoms with van der Waals surface area (Å²) < 4.78 is 24.9. The Kier molecular flexibility index (Phi) is 3.79. The van der Waals surface area contributed by atoms with E-state index in [-0.39, 0.29) is 11.6 Å². The van der Waals surface area contributed by atoms with Crippen LogP contribution in [0, 0.1) is 0 Å². The predicted octanol–water partition coefficient (Wildman–Crippen LogP) is 0.798. The average molecular weight is 234 g/mol. The fraction of sp³-hybridized carbons (Fsp3) is 1.00. The largest absolute Gasteiger partial charge is 0.297 e. The summed E-state index contributed by atoms with van der Waals surface area (Å²) in [5.74, 6) is 0. The van der Waals surface area contributed by atoms with Gasteiger partial charge in [-0.25, -0.2) is 13.1 Å². The second kappa shape index (κ2) is 4.39. The van der Waals surface area contributed by atoms with E-state index in [4.69, 9.17) is 0 Å². The fourth-order valence-electron chi connectivity index (χ4n) is 1.99. The molecule has 90 valence electrons. The Morgan fingerprint density at radius 2 is 1.93 bits per heavy atom. The van der Waals surface area contributed by atoms with Crippen LogP contribution in [0.15, 0.2) is 0 Å². The van der Waals surface area contributed by atoms with Crippen LogP contribution in [0.5, 0.6) is 0 Å². The molecule has 15 heavy (non-hydrogen) atoms. The van der Waals surface area contributed by atoms with Crippen molar-refractivity contribution in [2.24, 2.45) is 0 Å². The molecule has 0 amide bonds. The maximum absolute atomic E-state index is 11.1. The topological polar surface area (TPSA) is 49.4 Å². The van der Waals surface area contributed by atoms with Crippen molar-refractivity contribution < 1.29 is 8.42 Å². The minimum absolute atomic E-state index is 0.0768. The van der Waals surface area contributed by atoms with Crippen molar-refractivity contribution in [2.75, 3.05) is 19.3 Å². The molecule has 1 atom stereocenters. The lowest BCUT2D eigenvalue weighted by molar-refractivity contribution is 0.0962. The number of nitrogens with zero attached hydrogens (tertiary/aromatic N) is 1. The van der Waals surface area contributed by atoms with Crippen molar-refractivity contribution in [3.63, 3.8) is 0 Å². The number of sulfonamides is 1. The highest BCUT2D eigenvalue weighted by atomic mass is 32.2. The maximum Gasteiger partial charge on any atom is 0.208 e. The number of likely N-dealkylation sites (tertiary alicyclic amines) is 1. The summed E-state index contributed by atoms with van der Waals surface area (Å²) in [4.78, 5) is 2.33. The molecule has 0 aromatic rings. The summed E-state index contributed by atoms with van der Waals surface area (Å²) in [7, 11) is -3.07.